The fourth-order valence-electron chi connectivity index (χ4n) is 5.74. The number of aryl methyl sites for hydroxylation is 1. The molecule has 1 aliphatic carbocycles. The standard InChI is InChI=1S/C25H29F2N9O2/c1-25(2)7-6-15-8-14(9-21(37)35(15)25)29-22-18(27)12-28-23(31-22)30-19-11-20(36-24(38)34(3)32-33-36)16(10-17(19)26)13-4-5-13/h10-15H,4-9H2,1-3H3,(H2,28,29,30,31)/t14-,15+/m1/s1. The number of piperidine rings is 1. The highest BCUT2D eigenvalue weighted by atomic mass is 19.1. The van der Waals surface area contributed by atoms with E-state index in [1.807, 2.05) is 4.90 Å². The fourth-order valence-corrected chi connectivity index (χ4v) is 5.74. The van der Waals surface area contributed by atoms with E-state index in [4.69, 9.17) is 0 Å². The average molecular weight is 526 g/mol. The molecule has 0 bridgehead atoms. The Morgan fingerprint density at radius 3 is 2.58 bits per heavy atom. The molecular formula is C25H29F2N9O2. The molecule has 200 valence electrons. The normalized spacial score (nSPS) is 22.4. The first kappa shape index (κ1) is 24.4. The number of nitrogens with one attached hydrogen (secondary N) is 2. The minimum atomic E-state index is -0.673. The number of carbonyl (C=O) groups excluding carboxylic acids is 1. The molecule has 11 nitrogen and oxygen atoms in total. The molecule has 38 heavy (non-hydrogen) atoms. The van der Waals surface area contributed by atoms with Gasteiger partial charge in [-0.15, -0.1) is 0 Å². The molecule has 1 aromatic carbocycles. The highest BCUT2D eigenvalue weighted by Gasteiger charge is 2.46. The summed E-state index contributed by atoms with van der Waals surface area (Å²) in [5.74, 6) is -1.15. The summed E-state index contributed by atoms with van der Waals surface area (Å²) in [5.41, 5.74) is 0.471. The molecule has 1 saturated carbocycles. The van der Waals surface area contributed by atoms with E-state index in [1.54, 1.807) is 0 Å². The van der Waals surface area contributed by atoms with Crippen LogP contribution in [0.15, 0.2) is 23.1 Å². The summed E-state index contributed by atoms with van der Waals surface area (Å²) in [6.45, 7) is 4.15. The second-order valence-corrected chi connectivity index (χ2v) is 11.0. The van der Waals surface area contributed by atoms with Crippen molar-refractivity contribution in [1.82, 2.24) is 34.7 Å². The summed E-state index contributed by atoms with van der Waals surface area (Å²) in [6, 6.07) is 2.67. The lowest BCUT2D eigenvalue weighted by Crippen LogP contribution is -2.53. The Balaban J connectivity index is 1.25. The fraction of sp³-hybridized carbons (Fsp3) is 0.520. The molecule has 6 rings (SSSR count). The molecule has 3 aromatic rings. The van der Waals surface area contributed by atoms with Gasteiger partial charge in [0.1, 0.15) is 5.82 Å². The van der Waals surface area contributed by atoms with E-state index in [0.717, 1.165) is 41.2 Å². The lowest BCUT2D eigenvalue weighted by molar-refractivity contribution is -0.139. The second-order valence-electron chi connectivity index (χ2n) is 11.0. The highest BCUT2D eigenvalue weighted by Crippen LogP contribution is 2.44. The maximum atomic E-state index is 15.1. The number of aromatic nitrogens is 6. The van der Waals surface area contributed by atoms with E-state index in [2.05, 4.69) is 44.9 Å². The van der Waals surface area contributed by atoms with Crippen molar-refractivity contribution in [3.05, 3.63) is 46.0 Å². The molecule has 2 N–H and O–H groups in total. The predicted octanol–water partition coefficient (Wildman–Crippen LogP) is 3.00. The number of tetrazole rings is 1. The van der Waals surface area contributed by atoms with Crippen LogP contribution in [0.25, 0.3) is 5.69 Å². The Hall–Kier alpha value is -3.90. The van der Waals surface area contributed by atoms with Gasteiger partial charge in [-0.3, -0.25) is 4.79 Å². The zero-order valence-electron chi connectivity index (χ0n) is 21.4. The van der Waals surface area contributed by atoms with Crippen LogP contribution in [0.4, 0.5) is 26.2 Å². The largest absolute Gasteiger partial charge is 0.368 e. The van der Waals surface area contributed by atoms with Crippen LogP contribution in [-0.2, 0) is 11.8 Å². The zero-order chi connectivity index (χ0) is 26.8. The van der Waals surface area contributed by atoms with Crippen molar-refractivity contribution in [2.45, 2.75) is 75.9 Å². The van der Waals surface area contributed by atoms with Crippen molar-refractivity contribution < 1.29 is 13.6 Å². The third kappa shape index (κ3) is 4.29. The molecular weight excluding hydrogens is 496 g/mol. The smallest absolute Gasteiger partial charge is 0.364 e. The molecule has 0 radical (unpaired) electrons. The lowest BCUT2D eigenvalue weighted by atomic mass is 9.96. The topological polar surface area (TPSA) is 123 Å². The van der Waals surface area contributed by atoms with Gasteiger partial charge in [0.05, 0.1) is 17.6 Å². The van der Waals surface area contributed by atoms with E-state index >= 15 is 4.39 Å². The number of fused-ring (bicyclic) bond motifs is 1. The van der Waals surface area contributed by atoms with Crippen LogP contribution in [0.2, 0.25) is 0 Å². The Morgan fingerprint density at radius 2 is 1.87 bits per heavy atom. The predicted molar refractivity (Wildman–Crippen MR) is 134 cm³/mol. The Bertz CT molecular complexity index is 1480. The molecule has 2 saturated heterocycles. The molecule has 3 aliphatic rings. The number of rotatable bonds is 6. The quantitative estimate of drug-likeness (QED) is 0.504. The first-order valence-electron chi connectivity index (χ1n) is 12.8. The van der Waals surface area contributed by atoms with Gasteiger partial charge < -0.3 is 15.5 Å². The van der Waals surface area contributed by atoms with Crippen molar-refractivity contribution in [3.63, 3.8) is 0 Å². The molecule has 0 spiro atoms. The molecule has 2 aromatic heterocycles. The summed E-state index contributed by atoms with van der Waals surface area (Å²) in [4.78, 5) is 35.5. The van der Waals surface area contributed by atoms with E-state index in [0.29, 0.717) is 17.7 Å². The SMILES string of the molecule is Cn1nnn(-c2cc(Nc3ncc(F)c(N[C@H]4CC(=O)N5[C@@H](CCC5(C)C)C4)n3)c(F)cc2C2CC2)c1=O. The maximum absolute atomic E-state index is 15.1. The summed E-state index contributed by atoms with van der Waals surface area (Å²) in [7, 11) is 1.48. The summed E-state index contributed by atoms with van der Waals surface area (Å²) in [5, 5.41) is 13.5. The van der Waals surface area contributed by atoms with Gasteiger partial charge in [0, 0.05) is 31.1 Å². The van der Waals surface area contributed by atoms with Crippen LogP contribution in [0.5, 0.6) is 0 Å². The second kappa shape index (κ2) is 8.84. The van der Waals surface area contributed by atoms with Crippen molar-refractivity contribution >= 4 is 23.4 Å². The van der Waals surface area contributed by atoms with Gasteiger partial charge in [-0.05, 0) is 80.0 Å². The number of hydrogen-bond acceptors (Lipinski definition) is 8. The van der Waals surface area contributed by atoms with Gasteiger partial charge >= 0.3 is 5.69 Å². The molecule has 4 heterocycles. The van der Waals surface area contributed by atoms with Gasteiger partial charge in [-0.2, -0.15) is 14.3 Å². The zero-order valence-corrected chi connectivity index (χ0v) is 21.4. The van der Waals surface area contributed by atoms with Gasteiger partial charge in [-0.25, -0.2) is 18.6 Å². The van der Waals surface area contributed by atoms with E-state index in [-0.39, 0.29) is 53.3 Å². The number of hydrogen-bond donors (Lipinski definition) is 2. The molecule has 2 aliphatic heterocycles. The first-order valence-corrected chi connectivity index (χ1v) is 12.8. The summed E-state index contributed by atoms with van der Waals surface area (Å²) < 4.78 is 32.0. The van der Waals surface area contributed by atoms with E-state index < -0.39 is 17.3 Å². The number of halogens is 2. The third-order valence-electron chi connectivity index (χ3n) is 7.77. The number of benzene rings is 1. The Kier molecular flexibility index (Phi) is 5.69. The average Bonchev–Trinajstić information content (AvgIpc) is 3.59. The highest BCUT2D eigenvalue weighted by molar-refractivity contribution is 5.80. The van der Waals surface area contributed by atoms with E-state index in [1.165, 1.54) is 19.2 Å². The Labute approximate surface area is 217 Å². The molecule has 1 amide bonds. The molecule has 0 unspecified atom stereocenters. The van der Waals surface area contributed by atoms with Crippen LogP contribution in [0, 0.1) is 11.6 Å². The molecule has 2 atom stereocenters. The summed E-state index contributed by atoms with van der Waals surface area (Å²) in [6.07, 6.45) is 5.55. The van der Waals surface area contributed by atoms with Gasteiger partial charge in [-0.1, -0.05) is 0 Å². The maximum Gasteiger partial charge on any atom is 0.368 e. The van der Waals surface area contributed by atoms with Gasteiger partial charge in [0.25, 0.3) is 0 Å². The Morgan fingerprint density at radius 1 is 1.08 bits per heavy atom. The minimum absolute atomic E-state index is 0.0104. The van der Waals surface area contributed by atoms with Crippen LogP contribution in [-0.4, -0.2) is 58.2 Å². The van der Waals surface area contributed by atoms with Crippen molar-refractivity contribution in [3.8, 4) is 5.69 Å². The molecule has 13 heteroatoms. The van der Waals surface area contributed by atoms with Crippen molar-refractivity contribution in [2.24, 2.45) is 7.05 Å². The number of carbonyl (C=O) groups is 1. The monoisotopic (exact) mass is 525 g/mol. The first-order chi connectivity index (χ1) is 18.1. The van der Waals surface area contributed by atoms with Gasteiger partial charge in [0.15, 0.2) is 11.6 Å². The number of anilines is 3. The molecule has 3 fully saturated rings. The lowest BCUT2D eigenvalue weighted by Gasteiger charge is -2.42. The number of nitrogens with zero attached hydrogens (tertiary/aromatic N) is 7. The number of amides is 1. The van der Waals surface area contributed by atoms with Crippen LogP contribution >= 0.6 is 0 Å². The summed E-state index contributed by atoms with van der Waals surface area (Å²) >= 11 is 0. The van der Waals surface area contributed by atoms with Crippen LogP contribution in [0.1, 0.15) is 63.9 Å². The van der Waals surface area contributed by atoms with Crippen LogP contribution < -0.4 is 16.3 Å². The van der Waals surface area contributed by atoms with Crippen molar-refractivity contribution in [1.29, 1.82) is 0 Å². The minimum Gasteiger partial charge on any atom is -0.364 e. The van der Waals surface area contributed by atoms with Crippen molar-refractivity contribution in [2.75, 3.05) is 10.6 Å². The van der Waals surface area contributed by atoms with Gasteiger partial charge in [0.2, 0.25) is 11.9 Å². The third-order valence-corrected chi connectivity index (χ3v) is 7.77. The van der Waals surface area contributed by atoms with E-state index in [9.17, 15) is 14.0 Å². The van der Waals surface area contributed by atoms with Crippen LogP contribution in [0.3, 0.4) is 0 Å².